The quantitative estimate of drug-likeness (QED) is 0.429. The number of furan rings is 1. The first kappa shape index (κ1) is 26.3. The Hall–Kier alpha value is -4.29. The van der Waals surface area contributed by atoms with Gasteiger partial charge in [0.1, 0.15) is 17.4 Å². The van der Waals surface area contributed by atoms with Gasteiger partial charge in [0.25, 0.3) is 11.8 Å². The lowest BCUT2D eigenvalue weighted by Crippen LogP contribution is -2.48. The molecule has 190 valence electrons. The standard InChI is InChI=1S/C23H23F3N6O4/c1-12(2)18(21(35)27-3)32-20(34)17-5-4-16(36-17)15-10-13(6-8-28-15)11-30-19(33)14-7-9-29-22(31-14)23(24,25)26/h4-10,12,18H,11H2,1-3H3,(H,27,35)(H,30,33)(H,32,34)/t18-/m0/s1. The van der Waals surface area contributed by atoms with E-state index in [9.17, 15) is 27.6 Å². The summed E-state index contributed by atoms with van der Waals surface area (Å²) in [6.07, 6.45) is -2.46. The van der Waals surface area contributed by atoms with Crippen LogP contribution in [-0.4, -0.2) is 45.8 Å². The van der Waals surface area contributed by atoms with Gasteiger partial charge in [-0.3, -0.25) is 19.4 Å². The average molecular weight is 504 g/mol. The van der Waals surface area contributed by atoms with Crippen LogP contribution in [0.3, 0.4) is 0 Å². The molecule has 36 heavy (non-hydrogen) atoms. The van der Waals surface area contributed by atoms with Crippen molar-refractivity contribution < 1.29 is 32.0 Å². The molecule has 3 heterocycles. The summed E-state index contributed by atoms with van der Waals surface area (Å²) in [5.41, 5.74) is 0.499. The van der Waals surface area contributed by atoms with Crippen LogP contribution in [0.2, 0.25) is 0 Å². The first-order valence-corrected chi connectivity index (χ1v) is 10.8. The number of amides is 3. The number of rotatable bonds is 8. The summed E-state index contributed by atoms with van der Waals surface area (Å²) in [4.78, 5) is 47.4. The maximum Gasteiger partial charge on any atom is 0.451 e. The van der Waals surface area contributed by atoms with Crippen LogP contribution in [0.15, 0.2) is 47.1 Å². The van der Waals surface area contributed by atoms with E-state index < -0.39 is 35.6 Å². The second kappa shape index (κ2) is 11.0. The van der Waals surface area contributed by atoms with Crippen LogP contribution in [0.4, 0.5) is 13.2 Å². The van der Waals surface area contributed by atoms with Gasteiger partial charge in [0.05, 0.1) is 0 Å². The van der Waals surface area contributed by atoms with E-state index in [4.69, 9.17) is 4.42 Å². The second-order valence-corrected chi connectivity index (χ2v) is 7.97. The molecule has 0 aliphatic heterocycles. The average Bonchev–Trinajstić information content (AvgIpc) is 3.35. The molecule has 0 aromatic carbocycles. The number of hydrogen-bond donors (Lipinski definition) is 3. The zero-order chi connectivity index (χ0) is 26.5. The Labute approximate surface area is 203 Å². The second-order valence-electron chi connectivity index (χ2n) is 7.97. The van der Waals surface area contributed by atoms with Gasteiger partial charge in [0.15, 0.2) is 11.5 Å². The smallest absolute Gasteiger partial charge is 0.449 e. The van der Waals surface area contributed by atoms with Gasteiger partial charge >= 0.3 is 6.18 Å². The lowest BCUT2D eigenvalue weighted by Gasteiger charge is -2.19. The van der Waals surface area contributed by atoms with E-state index in [2.05, 4.69) is 30.9 Å². The van der Waals surface area contributed by atoms with Crippen molar-refractivity contribution in [1.29, 1.82) is 0 Å². The molecule has 3 rings (SSSR count). The highest BCUT2D eigenvalue weighted by Crippen LogP contribution is 2.25. The molecule has 0 fully saturated rings. The molecule has 3 N–H and O–H groups in total. The zero-order valence-corrected chi connectivity index (χ0v) is 19.5. The van der Waals surface area contributed by atoms with E-state index in [-0.39, 0.29) is 29.9 Å². The molecule has 0 radical (unpaired) electrons. The Bertz CT molecular complexity index is 1260. The summed E-state index contributed by atoms with van der Waals surface area (Å²) < 4.78 is 43.9. The Morgan fingerprint density at radius 3 is 2.42 bits per heavy atom. The predicted molar refractivity (Wildman–Crippen MR) is 120 cm³/mol. The topological polar surface area (TPSA) is 139 Å². The van der Waals surface area contributed by atoms with Crippen LogP contribution >= 0.6 is 0 Å². The number of pyridine rings is 1. The molecule has 0 aliphatic carbocycles. The highest BCUT2D eigenvalue weighted by atomic mass is 19.4. The minimum absolute atomic E-state index is 0.0238. The molecule has 0 bridgehead atoms. The third-order valence-electron chi connectivity index (χ3n) is 4.98. The monoisotopic (exact) mass is 504 g/mol. The largest absolute Gasteiger partial charge is 0.451 e. The summed E-state index contributed by atoms with van der Waals surface area (Å²) in [5.74, 6) is -3.04. The van der Waals surface area contributed by atoms with Crippen LogP contribution in [0.1, 0.15) is 46.3 Å². The lowest BCUT2D eigenvalue weighted by molar-refractivity contribution is -0.145. The summed E-state index contributed by atoms with van der Waals surface area (Å²) in [5, 5.41) is 7.61. The van der Waals surface area contributed by atoms with E-state index in [1.165, 1.54) is 25.4 Å². The molecule has 0 unspecified atom stereocenters. The molecule has 0 aliphatic rings. The molecule has 13 heteroatoms. The van der Waals surface area contributed by atoms with Gasteiger partial charge < -0.3 is 20.4 Å². The fourth-order valence-electron chi connectivity index (χ4n) is 3.11. The third kappa shape index (κ3) is 6.43. The van der Waals surface area contributed by atoms with Crippen molar-refractivity contribution in [2.75, 3.05) is 7.05 Å². The number of alkyl halides is 3. The van der Waals surface area contributed by atoms with E-state index in [0.717, 1.165) is 12.3 Å². The first-order chi connectivity index (χ1) is 17.0. The van der Waals surface area contributed by atoms with Gasteiger partial charge in [0.2, 0.25) is 11.7 Å². The van der Waals surface area contributed by atoms with Crippen LogP contribution in [0.25, 0.3) is 11.5 Å². The van der Waals surface area contributed by atoms with Crippen LogP contribution < -0.4 is 16.0 Å². The maximum atomic E-state index is 12.8. The number of hydrogen-bond acceptors (Lipinski definition) is 7. The number of nitrogens with zero attached hydrogens (tertiary/aromatic N) is 3. The molecule has 10 nitrogen and oxygen atoms in total. The van der Waals surface area contributed by atoms with Crippen molar-refractivity contribution in [2.45, 2.75) is 32.6 Å². The summed E-state index contributed by atoms with van der Waals surface area (Å²) >= 11 is 0. The number of halogens is 3. The van der Waals surface area contributed by atoms with Crippen molar-refractivity contribution in [1.82, 2.24) is 30.9 Å². The van der Waals surface area contributed by atoms with Crippen molar-refractivity contribution in [3.05, 3.63) is 65.6 Å². The van der Waals surface area contributed by atoms with Gasteiger partial charge in [0, 0.05) is 26.0 Å². The van der Waals surface area contributed by atoms with Crippen LogP contribution in [0, 0.1) is 5.92 Å². The first-order valence-electron chi connectivity index (χ1n) is 10.8. The predicted octanol–water partition coefficient (Wildman–Crippen LogP) is 2.58. The molecule has 3 aromatic rings. The highest BCUT2D eigenvalue weighted by molar-refractivity contribution is 5.96. The van der Waals surface area contributed by atoms with Crippen molar-refractivity contribution in [3.8, 4) is 11.5 Å². The minimum atomic E-state index is -4.77. The SMILES string of the molecule is CNC(=O)[C@@H](NC(=O)c1ccc(-c2cc(CNC(=O)c3ccnc(C(F)(F)F)n3)ccn2)o1)C(C)C. The van der Waals surface area contributed by atoms with E-state index >= 15 is 0 Å². The van der Waals surface area contributed by atoms with Crippen molar-refractivity contribution in [2.24, 2.45) is 5.92 Å². The number of aromatic nitrogens is 3. The van der Waals surface area contributed by atoms with Crippen molar-refractivity contribution in [3.63, 3.8) is 0 Å². The highest BCUT2D eigenvalue weighted by Gasteiger charge is 2.35. The van der Waals surface area contributed by atoms with E-state index in [0.29, 0.717) is 11.3 Å². The Morgan fingerprint density at radius 1 is 1.03 bits per heavy atom. The fraction of sp³-hybridized carbons (Fsp3) is 0.304. The van der Waals surface area contributed by atoms with E-state index in [1.807, 2.05) is 0 Å². The van der Waals surface area contributed by atoms with Crippen LogP contribution in [-0.2, 0) is 17.5 Å². The number of carbonyl (C=O) groups excluding carboxylic acids is 3. The third-order valence-corrected chi connectivity index (χ3v) is 4.98. The minimum Gasteiger partial charge on any atom is -0.449 e. The molecule has 3 aromatic heterocycles. The normalized spacial score (nSPS) is 12.2. The number of carbonyl (C=O) groups is 3. The van der Waals surface area contributed by atoms with Gasteiger partial charge in [-0.05, 0) is 41.8 Å². The van der Waals surface area contributed by atoms with Gasteiger partial charge in [-0.2, -0.15) is 13.2 Å². The van der Waals surface area contributed by atoms with Gasteiger partial charge in [-0.1, -0.05) is 13.8 Å². The van der Waals surface area contributed by atoms with Gasteiger partial charge in [-0.25, -0.2) is 9.97 Å². The summed E-state index contributed by atoms with van der Waals surface area (Å²) in [6.45, 7) is 3.56. The lowest BCUT2D eigenvalue weighted by atomic mass is 10.0. The molecule has 0 saturated carbocycles. The summed E-state index contributed by atoms with van der Waals surface area (Å²) in [6, 6.07) is 6.48. The maximum absolute atomic E-state index is 12.8. The number of likely N-dealkylation sites (N-methyl/N-ethyl adjacent to an activating group) is 1. The fourth-order valence-corrected chi connectivity index (χ4v) is 3.11. The molecule has 0 saturated heterocycles. The molecular formula is C23H23F3N6O4. The zero-order valence-electron chi connectivity index (χ0n) is 19.5. The molecule has 0 spiro atoms. The van der Waals surface area contributed by atoms with Crippen molar-refractivity contribution >= 4 is 17.7 Å². The molecule has 1 atom stereocenters. The number of nitrogens with one attached hydrogen (secondary N) is 3. The molecular weight excluding hydrogens is 481 g/mol. The Balaban J connectivity index is 1.68. The summed E-state index contributed by atoms with van der Waals surface area (Å²) in [7, 11) is 1.48. The Kier molecular flexibility index (Phi) is 8.02. The van der Waals surface area contributed by atoms with Gasteiger partial charge in [-0.15, -0.1) is 0 Å². The van der Waals surface area contributed by atoms with Crippen LogP contribution in [0.5, 0.6) is 0 Å². The Morgan fingerprint density at radius 2 is 1.75 bits per heavy atom. The van der Waals surface area contributed by atoms with E-state index in [1.54, 1.807) is 26.0 Å². The molecule has 3 amide bonds.